The molecule has 0 saturated carbocycles. The van der Waals surface area contributed by atoms with Gasteiger partial charge in [-0.3, -0.25) is 0 Å². The van der Waals surface area contributed by atoms with Gasteiger partial charge >= 0.3 is 32.5 Å². The molecule has 0 saturated heterocycles. The Morgan fingerprint density at radius 2 is 1.26 bits per heavy atom. The van der Waals surface area contributed by atoms with Crippen LogP contribution in [0.3, 0.4) is 0 Å². The molecule has 4 rings (SSSR count). The normalized spacial score (nSPS) is 18.4. The van der Waals surface area contributed by atoms with Gasteiger partial charge in [0.15, 0.2) is 0 Å². The Morgan fingerprint density at radius 1 is 0.743 bits per heavy atom. The molecular formula is C33H46SiZr. The molecule has 0 bridgehead atoms. The van der Waals surface area contributed by atoms with Crippen molar-refractivity contribution in [2.75, 3.05) is 0 Å². The molecule has 0 heterocycles. The van der Waals surface area contributed by atoms with Crippen molar-refractivity contribution in [2.45, 2.75) is 94.2 Å². The summed E-state index contributed by atoms with van der Waals surface area (Å²) in [5.74, 6) is 0. The number of fused-ring (bicyclic) bond motifs is 1. The van der Waals surface area contributed by atoms with E-state index in [2.05, 4.69) is 126 Å². The first-order valence-corrected chi connectivity index (χ1v) is 21.2. The molecule has 0 fully saturated rings. The summed E-state index contributed by atoms with van der Waals surface area (Å²) in [6.07, 6.45) is 2.49. The zero-order chi connectivity index (χ0) is 26.3. The Kier molecular flexibility index (Phi) is 8.60. The van der Waals surface area contributed by atoms with Crippen LogP contribution in [0.2, 0.25) is 27.9 Å². The summed E-state index contributed by atoms with van der Waals surface area (Å²) in [6, 6.07) is 16.3. The summed E-state index contributed by atoms with van der Waals surface area (Å²) < 4.78 is 4.59. The average molecular weight is 562 g/mol. The molecule has 0 radical (unpaired) electrons. The fraction of sp³-hybridized carbons (Fsp3) is 0.455. The van der Waals surface area contributed by atoms with Crippen LogP contribution in [0.4, 0.5) is 0 Å². The average Bonchev–Trinajstić information content (AvgIpc) is 3.23. The molecule has 2 aromatic carbocycles. The van der Waals surface area contributed by atoms with E-state index in [1.54, 1.807) is 22.3 Å². The van der Waals surface area contributed by atoms with E-state index >= 15 is 0 Å². The van der Waals surface area contributed by atoms with Gasteiger partial charge in [0, 0.05) is 5.54 Å². The summed E-state index contributed by atoms with van der Waals surface area (Å²) in [7, 11) is -1.70. The Morgan fingerprint density at radius 3 is 1.74 bits per heavy atom. The minimum absolute atomic E-state index is 0.183. The Bertz CT molecular complexity index is 1160. The van der Waals surface area contributed by atoms with Crippen LogP contribution in [0.15, 0.2) is 70.3 Å². The number of allylic oxidation sites excluding steroid dienone is 5. The Labute approximate surface area is 228 Å². The van der Waals surface area contributed by atoms with Gasteiger partial charge < -0.3 is 0 Å². The number of hydrogen-bond donors (Lipinski definition) is 0. The van der Waals surface area contributed by atoms with Crippen molar-refractivity contribution in [1.82, 2.24) is 0 Å². The van der Waals surface area contributed by atoms with Gasteiger partial charge in [0.25, 0.3) is 0 Å². The number of benzene rings is 2. The second-order valence-corrected chi connectivity index (χ2v) is 19.6. The SMILES string of the molecule is CC1=Cc2c(-c3ccc(C(C)(C)C)cc3)cccc2C1[Si](C)(C)C1C(C)=C(C)C(C)=C1C.[CH3][Zr][CH3]. The molecule has 0 N–H and O–H groups in total. The maximum atomic E-state index is 2.62. The van der Waals surface area contributed by atoms with E-state index in [0.717, 1.165) is 0 Å². The molecule has 0 amide bonds. The van der Waals surface area contributed by atoms with Gasteiger partial charge in [-0.15, -0.1) is 0 Å². The molecular weight excluding hydrogens is 516 g/mol. The molecule has 1 unspecified atom stereocenters. The molecule has 2 aliphatic carbocycles. The second-order valence-electron chi connectivity index (χ2n) is 12.3. The zero-order valence-electron chi connectivity index (χ0n) is 24.3. The third kappa shape index (κ3) is 5.26. The van der Waals surface area contributed by atoms with E-state index in [9.17, 15) is 0 Å². The number of rotatable bonds is 3. The Balaban J connectivity index is 0.00000108. The topological polar surface area (TPSA) is 0 Å². The molecule has 0 aliphatic heterocycles. The first kappa shape index (κ1) is 28.3. The van der Waals surface area contributed by atoms with E-state index in [0.29, 0.717) is 11.1 Å². The fourth-order valence-electron chi connectivity index (χ4n) is 6.57. The molecule has 1 atom stereocenters. The monoisotopic (exact) mass is 560 g/mol. The van der Waals surface area contributed by atoms with Crippen molar-refractivity contribution in [1.29, 1.82) is 0 Å². The van der Waals surface area contributed by atoms with Gasteiger partial charge in [-0.25, -0.2) is 0 Å². The molecule has 2 aliphatic rings. The van der Waals surface area contributed by atoms with E-state index in [1.807, 2.05) is 0 Å². The van der Waals surface area contributed by atoms with Crippen molar-refractivity contribution in [2.24, 2.45) is 0 Å². The van der Waals surface area contributed by atoms with Crippen LogP contribution in [0.1, 0.15) is 77.6 Å². The summed E-state index contributed by atoms with van der Waals surface area (Å²) in [6.45, 7) is 23.9. The van der Waals surface area contributed by atoms with Crippen LogP contribution in [0.25, 0.3) is 17.2 Å². The van der Waals surface area contributed by atoms with Gasteiger partial charge in [0.2, 0.25) is 0 Å². The Hall–Kier alpha value is -1.24. The fourth-order valence-corrected chi connectivity index (χ4v) is 11.9. The van der Waals surface area contributed by atoms with Gasteiger partial charge in [0.1, 0.15) is 0 Å². The summed E-state index contributed by atoms with van der Waals surface area (Å²) in [4.78, 5) is 0. The van der Waals surface area contributed by atoms with E-state index < -0.39 is 8.07 Å². The maximum absolute atomic E-state index is 2.62. The van der Waals surface area contributed by atoms with E-state index in [4.69, 9.17) is 0 Å². The number of hydrogen-bond acceptors (Lipinski definition) is 0. The third-order valence-corrected chi connectivity index (χ3v) is 13.0. The van der Waals surface area contributed by atoms with Crippen LogP contribution in [-0.2, 0) is 28.6 Å². The van der Waals surface area contributed by atoms with Crippen LogP contribution >= 0.6 is 0 Å². The first-order chi connectivity index (χ1) is 16.3. The van der Waals surface area contributed by atoms with Gasteiger partial charge in [-0.1, -0.05) is 99.1 Å². The molecule has 186 valence electrons. The standard InChI is InChI=1S/C31H40Si.2CH3.Zr/c1-19-18-28-26(24-14-16-25(17-15-24)31(6,7)8)12-11-13-27(28)29(19)32(9,10)30-22(4)20(2)21(3)23(30)5;;;/h11-18,29-30H,1-10H3;2*1H3;. The molecule has 35 heavy (non-hydrogen) atoms. The van der Waals surface area contributed by atoms with Crippen molar-refractivity contribution < 1.29 is 23.2 Å². The van der Waals surface area contributed by atoms with Gasteiger partial charge in [0.05, 0.1) is 8.07 Å². The summed E-state index contributed by atoms with van der Waals surface area (Å²) >= 11 is 0.230. The van der Waals surface area contributed by atoms with Crippen LogP contribution < -0.4 is 0 Å². The van der Waals surface area contributed by atoms with Crippen molar-refractivity contribution in [3.63, 3.8) is 0 Å². The van der Waals surface area contributed by atoms with Crippen molar-refractivity contribution in [3.05, 3.63) is 87.0 Å². The van der Waals surface area contributed by atoms with Crippen LogP contribution in [0.5, 0.6) is 0 Å². The third-order valence-electron chi connectivity index (χ3n) is 8.44. The quantitative estimate of drug-likeness (QED) is 0.327. The molecule has 2 aromatic rings. The molecule has 0 spiro atoms. The van der Waals surface area contributed by atoms with E-state index in [-0.39, 0.29) is 28.6 Å². The second kappa shape index (κ2) is 10.6. The van der Waals surface area contributed by atoms with Crippen molar-refractivity contribution in [3.8, 4) is 11.1 Å². The van der Waals surface area contributed by atoms with Gasteiger partial charge in [-0.2, -0.15) is 0 Å². The zero-order valence-corrected chi connectivity index (χ0v) is 27.7. The van der Waals surface area contributed by atoms with Gasteiger partial charge in [-0.05, 0) is 84.5 Å². The van der Waals surface area contributed by atoms with Crippen LogP contribution in [0, 0.1) is 0 Å². The molecule has 0 aromatic heterocycles. The summed E-state index contributed by atoms with van der Waals surface area (Å²) in [5.41, 5.74) is 16.3. The molecule has 0 nitrogen and oxygen atoms in total. The molecule has 2 heteroatoms. The predicted molar refractivity (Wildman–Crippen MR) is 157 cm³/mol. The minimum atomic E-state index is -1.70. The first-order valence-electron chi connectivity index (χ1n) is 13.1. The van der Waals surface area contributed by atoms with E-state index in [1.165, 1.54) is 33.4 Å². The summed E-state index contributed by atoms with van der Waals surface area (Å²) in [5, 5.41) is 0. The van der Waals surface area contributed by atoms with Crippen molar-refractivity contribution >= 4 is 14.1 Å². The predicted octanol–water partition coefficient (Wildman–Crippen LogP) is 10.6. The van der Waals surface area contributed by atoms with Crippen LogP contribution in [-0.4, -0.2) is 8.07 Å².